The lowest BCUT2D eigenvalue weighted by Crippen LogP contribution is -2.26. The summed E-state index contributed by atoms with van der Waals surface area (Å²) in [6.45, 7) is 0.225. The first-order chi connectivity index (χ1) is 12.5. The zero-order valence-electron chi connectivity index (χ0n) is 14.4. The molecule has 0 spiro atoms. The number of rotatable bonds is 8. The molecular weight excluding hydrogens is 374 g/mol. The maximum absolute atomic E-state index is 12.7. The molecule has 0 aliphatic rings. The molecule has 0 amide bonds. The van der Waals surface area contributed by atoms with Gasteiger partial charge in [0.15, 0.2) is 0 Å². The molecule has 3 rings (SSSR count). The van der Waals surface area contributed by atoms with Gasteiger partial charge in [0.1, 0.15) is 22.1 Å². The summed E-state index contributed by atoms with van der Waals surface area (Å²) < 4.78 is 38.2. The SMILES string of the molecule is COc1ccc(OC)c(S(=O)(=O)NCCc2[nH]cnc2-c2cccs2)c1. The molecule has 2 heterocycles. The predicted octanol–water partition coefficient (Wildman–Crippen LogP) is 2.68. The largest absolute Gasteiger partial charge is 0.497 e. The third kappa shape index (κ3) is 3.90. The topological polar surface area (TPSA) is 93.3 Å². The first kappa shape index (κ1) is 18.4. The molecule has 7 nitrogen and oxygen atoms in total. The van der Waals surface area contributed by atoms with Crippen LogP contribution in [0.25, 0.3) is 10.6 Å². The fraction of sp³-hybridized carbons (Fsp3) is 0.235. The third-order valence-corrected chi connectivity index (χ3v) is 6.16. The number of nitrogens with one attached hydrogen (secondary N) is 2. The number of aromatic amines is 1. The zero-order chi connectivity index (χ0) is 18.6. The monoisotopic (exact) mass is 393 g/mol. The molecule has 0 atom stereocenters. The zero-order valence-corrected chi connectivity index (χ0v) is 16.0. The number of ether oxygens (including phenoxy) is 2. The van der Waals surface area contributed by atoms with Crippen LogP contribution in [0.15, 0.2) is 46.9 Å². The third-order valence-electron chi connectivity index (χ3n) is 3.80. The van der Waals surface area contributed by atoms with E-state index in [1.165, 1.54) is 20.3 Å². The molecule has 0 unspecified atom stereocenters. The highest BCUT2D eigenvalue weighted by molar-refractivity contribution is 7.89. The Bertz CT molecular complexity index is 966. The van der Waals surface area contributed by atoms with E-state index in [4.69, 9.17) is 9.47 Å². The molecule has 3 aromatic rings. The van der Waals surface area contributed by atoms with E-state index in [-0.39, 0.29) is 17.2 Å². The lowest BCUT2D eigenvalue weighted by atomic mass is 10.2. The van der Waals surface area contributed by atoms with Crippen LogP contribution in [0.4, 0.5) is 0 Å². The van der Waals surface area contributed by atoms with Crippen LogP contribution in [0.1, 0.15) is 5.69 Å². The Balaban J connectivity index is 1.73. The van der Waals surface area contributed by atoms with Gasteiger partial charge in [-0.15, -0.1) is 11.3 Å². The quantitative estimate of drug-likeness (QED) is 0.614. The summed E-state index contributed by atoms with van der Waals surface area (Å²) in [5.74, 6) is 0.707. The summed E-state index contributed by atoms with van der Waals surface area (Å²) >= 11 is 1.59. The highest BCUT2D eigenvalue weighted by Crippen LogP contribution is 2.28. The van der Waals surface area contributed by atoms with E-state index in [1.54, 1.807) is 29.8 Å². The maximum Gasteiger partial charge on any atom is 0.244 e. The van der Waals surface area contributed by atoms with Gasteiger partial charge in [-0.05, 0) is 23.6 Å². The van der Waals surface area contributed by atoms with Gasteiger partial charge in [-0.2, -0.15) is 0 Å². The Morgan fingerprint density at radius 1 is 1.23 bits per heavy atom. The van der Waals surface area contributed by atoms with Gasteiger partial charge in [0, 0.05) is 24.7 Å². The summed E-state index contributed by atoms with van der Waals surface area (Å²) in [5, 5.41) is 1.98. The van der Waals surface area contributed by atoms with Crippen LogP contribution in [-0.4, -0.2) is 39.2 Å². The summed E-state index contributed by atoms with van der Waals surface area (Å²) in [4.78, 5) is 8.48. The van der Waals surface area contributed by atoms with E-state index in [2.05, 4.69) is 14.7 Å². The number of nitrogens with zero attached hydrogens (tertiary/aromatic N) is 1. The van der Waals surface area contributed by atoms with Crippen molar-refractivity contribution < 1.29 is 17.9 Å². The van der Waals surface area contributed by atoms with E-state index in [0.717, 1.165) is 16.3 Å². The Kier molecular flexibility index (Phi) is 5.60. The molecule has 138 valence electrons. The number of H-pyrrole nitrogens is 1. The highest BCUT2D eigenvalue weighted by Gasteiger charge is 2.20. The Morgan fingerprint density at radius 3 is 2.77 bits per heavy atom. The van der Waals surface area contributed by atoms with Crippen molar-refractivity contribution in [3.05, 3.63) is 47.7 Å². The summed E-state index contributed by atoms with van der Waals surface area (Å²) in [6.07, 6.45) is 2.10. The molecule has 0 saturated heterocycles. The number of aromatic nitrogens is 2. The molecule has 0 aliphatic carbocycles. The van der Waals surface area contributed by atoms with Gasteiger partial charge in [-0.25, -0.2) is 18.1 Å². The summed E-state index contributed by atoms with van der Waals surface area (Å²) in [6, 6.07) is 8.59. The van der Waals surface area contributed by atoms with Gasteiger partial charge < -0.3 is 14.5 Å². The fourth-order valence-electron chi connectivity index (χ4n) is 2.52. The number of sulfonamides is 1. The molecule has 0 fully saturated rings. The normalized spacial score (nSPS) is 11.5. The van der Waals surface area contributed by atoms with Crippen molar-refractivity contribution in [2.75, 3.05) is 20.8 Å². The predicted molar refractivity (Wildman–Crippen MR) is 100 cm³/mol. The van der Waals surface area contributed by atoms with Crippen LogP contribution in [0, 0.1) is 0 Å². The van der Waals surface area contributed by atoms with Crippen molar-refractivity contribution in [1.29, 1.82) is 0 Å². The molecule has 0 aliphatic heterocycles. The van der Waals surface area contributed by atoms with Crippen molar-refractivity contribution in [2.24, 2.45) is 0 Å². The van der Waals surface area contributed by atoms with Gasteiger partial charge in [-0.1, -0.05) is 6.07 Å². The van der Waals surface area contributed by atoms with Crippen LogP contribution in [0.2, 0.25) is 0 Å². The van der Waals surface area contributed by atoms with Gasteiger partial charge in [0.05, 0.1) is 25.4 Å². The fourth-order valence-corrected chi connectivity index (χ4v) is 4.48. The lowest BCUT2D eigenvalue weighted by molar-refractivity contribution is 0.392. The minimum absolute atomic E-state index is 0.0439. The van der Waals surface area contributed by atoms with Gasteiger partial charge in [0.2, 0.25) is 10.0 Å². The van der Waals surface area contributed by atoms with Crippen molar-refractivity contribution in [1.82, 2.24) is 14.7 Å². The summed E-state index contributed by atoms with van der Waals surface area (Å²) in [7, 11) is -0.831. The Hall–Kier alpha value is -2.36. The van der Waals surface area contributed by atoms with E-state index >= 15 is 0 Å². The molecular formula is C17H19N3O4S2. The average Bonchev–Trinajstić information content (AvgIpc) is 3.32. The second kappa shape index (κ2) is 7.90. The van der Waals surface area contributed by atoms with E-state index in [9.17, 15) is 8.42 Å². The number of methoxy groups -OCH3 is 2. The minimum Gasteiger partial charge on any atom is -0.497 e. The Morgan fingerprint density at radius 2 is 2.08 bits per heavy atom. The number of hydrogen-bond donors (Lipinski definition) is 2. The smallest absolute Gasteiger partial charge is 0.244 e. The van der Waals surface area contributed by atoms with Crippen LogP contribution < -0.4 is 14.2 Å². The molecule has 26 heavy (non-hydrogen) atoms. The molecule has 0 radical (unpaired) electrons. The van der Waals surface area contributed by atoms with Crippen LogP contribution in [0.3, 0.4) is 0 Å². The van der Waals surface area contributed by atoms with Crippen molar-refractivity contribution in [3.63, 3.8) is 0 Å². The van der Waals surface area contributed by atoms with Crippen LogP contribution in [-0.2, 0) is 16.4 Å². The number of benzene rings is 1. The second-order valence-electron chi connectivity index (χ2n) is 5.37. The second-order valence-corrected chi connectivity index (χ2v) is 8.05. The van der Waals surface area contributed by atoms with Gasteiger partial charge >= 0.3 is 0 Å². The standard InChI is InChI=1S/C17H19N3O4S2/c1-23-12-5-6-14(24-2)16(10-12)26(21,22)20-8-7-13-17(19-11-18-13)15-4-3-9-25-15/h3-6,9-11,20H,7-8H2,1-2H3,(H,18,19). The van der Waals surface area contributed by atoms with Crippen LogP contribution >= 0.6 is 11.3 Å². The van der Waals surface area contributed by atoms with Crippen molar-refractivity contribution in [3.8, 4) is 22.1 Å². The van der Waals surface area contributed by atoms with Gasteiger partial charge in [-0.3, -0.25) is 0 Å². The lowest BCUT2D eigenvalue weighted by Gasteiger charge is -2.12. The first-order valence-corrected chi connectivity index (χ1v) is 10.2. The molecule has 2 N–H and O–H groups in total. The molecule has 2 aromatic heterocycles. The van der Waals surface area contributed by atoms with E-state index in [1.807, 2.05) is 17.5 Å². The van der Waals surface area contributed by atoms with Crippen LogP contribution in [0.5, 0.6) is 11.5 Å². The molecule has 9 heteroatoms. The first-order valence-electron chi connectivity index (χ1n) is 7.83. The molecule has 1 aromatic carbocycles. The van der Waals surface area contributed by atoms with Crippen molar-refractivity contribution in [2.45, 2.75) is 11.3 Å². The highest BCUT2D eigenvalue weighted by atomic mass is 32.2. The molecule has 0 bridgehead atoms. The number of hydrogen-bond acceptors (Lipinski definition) is 6. The van der Waals surface area contributed by atoms with Gasteiger partial charge in [0.25, 0.3) is 0 Å². The minimum atomic E-state index is -3.74. The van der Waals surface area contributed by atoms with E-state index in [0.29, 0.717) is 12.2 Å². The van der Waals surface area contributed by atoms with E-state index < -0.39 is 10.0 Å². The average molecular weight is 393 g/mol. The van der Waals surface area contributed by atoms with Crippen molar-refractivity contribution >= 4 is 21.4 Å². The number of thiophene rings is 1. The summed E-state index contributed by atoms with van der Waals surface area (Å²) in [5.41, 5.74) is 1.73. The Labute approximate surface area is 156 Å². The maximum atomic E-state index is 12.7. The number of imidazole rings is 1. The molecule has 0 saturated carbocycles.